The molecule has 0 spiro atoms. The van der Waals surface area contributed by atoms with Crippen LogP contribution in [0.25, 0.3) is 0 Å². The van der Waals surface area contributed by atoms with E-state index in [1.165, 1.54) is 18.3 Å². The predicted molar refractivity (Wildman–Crippen MR) is 66.6 cm³/mol. The zero-order valence-corrected chi connectivity index (χ0v) is 10.7. The normalized spacial score (nSPS) is 20.9. The van der Waals surface area contributed by atoms with Crippen molar-refractivity contribution in [3.63, 3.8) is 0 Å². The molecule has 2 rings (SSSR count). The second kappa shape index (κ2) is 4.96. The molecule has 1 aromatic rings. The van der Waals surface area contributed by atoms with E-state index in [0.717, 1.165) is 0 Å². The smallest absolute Gasteiger partial charge is 0.335 e. The maximum absolute atomic E-state index is 11.8. The number of rotatable bonds is 3. The Morgan fingerprint density at radius 2 is 2.16 bits per heavy atom. The van der Waals surface area contributed by atoms with E-state index in [1.807, 2.05) is 0 Å². The lowest BCUT2D eigenvalue weighted by Crippen LogP contribution is -2.24. The average molecular weight is 284 g/mol. The second-order valence-electron chi connectivity index (χ2n) is 4.32. The van der Waals surface area contributed by atoms with Crippen LogP contribution in [-0.2, 0) is 14.6 Å². The van der Waals surface area contributed by atoms with Gasteiger partial charge in [-0.2, -0.15) is 0 Å². The fourth-order valence-corrected chi connectivity index (χ4v) is 3.60. The van der Waals surface area contributed by atoms with Crippen LogP contribution in [0.4, 0.5) is 5.82 Å². The van der Waals surface area contributed by atoms with Crippen LogP contribution in [0.1, 0.15) is 16.8 Å². The van der Waals surface area contributed by atoms with Crippen LogP contribution >= 0.6 is 0 Å². The molecule has 1 amide bonds. The summed E-state index contributed by atoms with van der Waals surface area (Å²) in [5.74, 6) is -2.22. The quantitative estimate of drug-likeness (QED) is 0.817. The van der Waals surface area contributed by atoms with Crippen molar-refractivity contribution in [2.75, 3.05) is 16.8 Å². The van der Waals surface area contributed by atoms with E-state index in [9.17, 15) is 18.0 Å². The summed E-state index contributed by atoms with van der Waals surface area (Å²) < 4.78 is 22.5. The lowest BCUT2D eigenvalue weighted by Gasteiger charge is -2.08. The number of carbonyl (C=O) groups excluding carboxylic acids is 1. The number of nitrogens with zero attached hydrogens (tertiary/aromatic N) is 1. The molecule has 1 aliphatic heterocycles. The molecule has 1 aliphatic rings. The monoisotopic (exact) mass is 284 g/mol. The van der Waals surface area contributed by atoms with Gasteiger partial charge in [-0.1, -0.05) is 0 Å². The summed E-state index contributed by atoms with van der Waals surface area (Å²) >= 11 is 0. The Balaban J connectivity index is 2.07. The first-order valence-electron chi connectivity index (χ1n) is 5.58. The molecule has 0 bridgehead atoms. The summed E-state index contributed by atoms with van der Waals surface area (Å²) in [5, 5.41) is 11.2. The van der Waals surface area contributed by atoms with Crippen LogP contribution in [0, 0.1) is 5.92 Å². The van der Waals surface area contributed by atoms with Crippen molar-refractivity contribution >= 4 is 27.5 Å². The number of aromatic nitrogens is 1. The highest BCUT2D eigenvalue weighted by Crippen LogP contribution is 2.20. The van der Waals surface area contributed by atoms with Gasteiger partial charge in [0.1, 0.15) is 5.82 Å². The lowest BCUT2D eigenvalue weighted by molar-refractivity contribution is -0.119. The molecule has 2 N–H and O–H groups in total. The molecule has 0 radical (unpaired) electrons. The van der Waals surface area contributed by atoms with Gasteiger partial charge in [-0.05, 0) is 18.6 Å². The number of sulfone groups is 1. The lowest BCUT2D eigenvalue weighted by atomic mass is 10.1. The maximum atomic E-state index is 11.8. The Morgan fingerprint density at radius 3 is 2.74 bits per heavy atom. The third kappa shape index (κ3) is 3.28. The number of aromatic carboxylic acids is 1. The van der Waals surface area contributed by atoms with Crippen LogP contribution < -0.4 is 5.32 Å². The fourth-order valence-electron chi connectivity index (χ4n) is 1.86. The number of hydrogen-bond acceptors (Lipinski definition) is 5. The first-order chi connectivity index (χ1) is 8.87. The second-order valence-corrected chi connectivity index (χ2v) is 6.55. The summed E-state index contributed by atoms with van der Waals surface area (Å²) in [4.78, 5) is 26.4. The SMILES string of the molecule is O=C(O)c1ccnc(NC(=O)C2CCS(=O)(=O)C2)c1. The fraction of sp³-hybridized carbons (Fsp3) is 0.364. The largest absolute Gasteiger partial charge is 0.478 e. The van der Waals surface area contributed by atoms with Gasteiger partial charge in [-0.15, -0.1) is 0 Å². The van der Waals surface area contributed by atoms with E-state index in [1.54, 1.807) is 0 Å². The number of pyridine rings is 1. The molecule has 1 aromatic heterocycles. The van der Waals surface area contributed by atoms with Gasteiger partial charge in [0.15, 0.2) is 9.84 Å². The summed E-state index contributed by atoms with van der Waals surface area (Å²) in [6.07, 6.45) is 1.55. The zero-order chi connectivity index (χ0) is 14.0. The first kappa shape index (κ1) is 13.5. The molecule has 0 aliphatic carbocycles. The van der Waals surface area contributed by atoms with Gasteiger partial charge in [-0.25, -0.2) is 18.2 Å². The maximum Gasteiger partial charge on any atom is 0.335 e. The number of carboxylic acids is 1. The third-order valence-electron chi connectivity index (χ3n) is 2.86. The minimum atomic E-state index is -3.13. The highest BCUT2D eigenvalue weighted by atomic mass is 32.2. The molecule has 102 valence electrons. The molecule has 19 heavy (non-hydrogen) atoms. The zero-order valence-electron chi connectivity index (χ0n) is 9.87. The molecule has 1 unspecified atom stereocenters. The Bertz CT molecular complexity index is 626. The van der Waals surface area contributed by atoms with Crippen LogP contribution in [0.15, 0.2) is 18.3 Å². The van der Waals surface area contributed by atoms with Crippen molar-refractivity contribution in [1.82, 2.24) is 4.98 Å². The molecule has 1 fully saturated rings. The Hall–Kier alpha value is -1.96. The van der Waals surface area contributed by atoms with Crippen LogP contribution in [-0.4, -0.2) is 41.9 Å². The molecule has 0 aromatic carbocycles. The number of carboxylic acid groups (broad SMARTS) is 1. The molecule has 1 atom stereocenters. The standard InChI is InChI=1S/C11H12N2O5S/c14-10(8-2-4-19(17,18)6-8)13-9-5-7(11(15)16)1-3-12-9/h1,3,5,8H,2,4,6H2,(H,15,16)(H,12,13,14). The predicted octanol–water partition coefficient (Wildman–Crippen LogP) is 0.153. The van der Waals surface area contributed by atoms with Gasteiger partial charge in [0, 0.05) is 6.20 Å². The molecule has 1 saturated heterocycles. The Morgan fingerprint density at radius 1 is 1.42 bits per heavy atom. The number of nitrogens with one attached hydrogen (secondary N) is 1. The highest BCUT2D eigenvalue weighted by Gasteiger charge is 2.33. The van der Waals surface area contributed by atoms with Crippen molar-refractivity contribution in [2.24, 2.45) is 5.92 Å². The van der Waals surface area contributed by atoms with E-state index in [2.05, 4.69) is 10.3 Å². The minimum absolute atomic E-state index is 0.00402. The minimum Gasteiger partial charge on any atom is -0.478 e. The summed E-state index contributed by atoms with van der Waals surface area (Å²) in [5.41, 5.74) is 0.00402. The van der Waals surface area contributed by atoms with E-state index >= 15 is 0 Å². The van der Waals surface area contributed by atoms with E-state index in [0.29, 0.717) is 0 Å². The van der Waals surface area contributed by atoms with Crippen molar-refractivity contribution in [2.45, 2.75) is 6.42 Å². The van der Waals surface area contributed by atoms with Crippen molar-refractivity contribution in [3.05, 3.63) is 23.9 Å². The van der Waals surface area contributed by atoms with Crippen LogP contribution in [0.5, 0.6) is 0 Å². The highest BCUT2D eigenvalue weighted by molar-refractivity contribution is 7.91. The topological polar surface area (TPSA) is 113 Å². The Labute approximate surface area is 109 Å². The molecule has 8 heteroatoms. The first-order valence-corrected chi connectivity index (χ1v) is 7.40. The summed E-state index contributed by atoms with van der Waals surface area (Å²) in [6.45, 7) is 0. The van der Waals surface area contributed by atoms with E-state index in [4.69, 9.17) is 5.11 Å². The third-order valence-corrected chi connectivity index (χ3v) is 4.63. The van der Waals surface area contributed by atoms with Crippen LogP contribution in [0.3, 0.4) is 0 Å². The van der Waals surface area contributed by atoms with Crippen molar-refractivity contribution < 1.29 is 23.1 Å². The van der Waals surface area contributed by atoms with Crippen molar-refractivity contribution in [3.8, 4) is 0 Å². The number of amides is 1. The van der Waals surface area contributed by atoms with Gasteiger partial charge >= 0.3 is 5.97 Å². The number of carbonyl (C=O) groups is 2. The van der Waals surface area contributed by atoms with E-state index in [-0.39, 0.29) is 29.3 Å². The summed E-state index contributed by atoms with van der Waals surface area (Å²) in [7, 11) is -3.13. The van der Waals surface area contributed by atoms with Gasteiger partial charge in [0.05, 0.1) is 23.0 Å². The molecular formula is C11H12N2O5S. The van der Waals surface area contributed by atoms with Gasteiger partial charge in [0.25, 0.3) is 0 Å². The van der Waals surface area contributed by atoms with E-state index < -0.39 is 27.6 Å². The molecular weight excluding hydrogens is 272 g/mol. The van der Waals surface area contributed by atoms with Gasteiger partial charge in [-0.3, -0.25) is 4.79 Å². The summed E-state index contributed by atoms with van der Waals surface area (Å²) in [6, 6.07) is 2.53. The van der Waals surface area contributed by atoms with Gasteiger partial charge in [0.2, 0.25) is 5.91 Å². The molecule has 0 saturated carbocycles. The molecule has 2 heterocycles. The van der Waals surface area contributed by atoms with Crippen LogP contribution in [0.2, 0.25) is 0 Å². The molecule has 7 nitrogen and oxygen atoms in total. The number of anilines is 1. The van der Waals surface area contributed by atoms with Gasteiger partial charge < -0.3 is 10.4 Å². The van der Waals surface area contributed by atoms with Crippen molar-refractivity contribution in [1.29, 1.82) is 0 Å². The Kier molecular flexibility index (Phi) is 3.52. The average Bonchev–Trinajstić information content (AvgIpc) is 2.70. The number of hydrogen-bond donors (Lipinski definition) is 2.